The Bertz CT molecular complexity index is 746. The molecule has 3 aromatic rings. The smallest absolute Gasteiger partial charge is 0.137 e. The molecule has 0 saturated carbocycles. The summed E-state index contributed by atoms with van der Waals surface area (Å²) in [6.07, 6.45) is 5.99. The van der Waals surface area contributed by atoms with Crippen LogP contribution in [0.15, 0.2) is 48.9 Å². The van der Waals surface area contributed by atoms with Crippen molar-refractivity contribution in [3.8, 4) is 11.3 Å². The van der Waals surface area contributed by atoms with Gasteiger partial charge in [0.1, 0.15) is 11.4 Å². The normalized spacial score (nSPS) is 10.8. The highest BCUT2D eigenvalue weighted by molar-refractivity contribution is 5.78. The summed E-state index contributed by atoms with van der Waals surface area (Å²) in [7, 11) is 0. The number of Topliss-reactive ketones (excluding diaryl/α,β-unsaturated/α-hetero) is 1. The number of fused-ring (bicyclic) bond motifs is 1. The average molecular weight is 251 g/mol. The number of rotatable bonds is 3. The van der Waals surface area contributed by atoms with E-state index in [4.69, 9.17) is 0 Å². The molecule has 0 aliphatic heterocycles. The maximum absolute atomic E-state index is 11.1. The fraction of sp³-hybridized carbons (Fsp3) is 0.133. The Hall–Kier alpha value is -2.49. The fourth-order valence-corrected chi connectivity index (χ4v) is 2.06. The van der Waals surface area contributed by atoms with Gasteiger partial charge in [0.2, 0.25) is 0 Å². The minimum atomic E-state index is 0.119. The van der Waals surface area contributed by atoms with E-state index in [0.717, 1.165) is 22.6 Å². The van der Waals surface area contributed by atoms with E-state index in [1.165, 1.54) is 0 Å². The largest absolute Gasteiger partial charge is 0.307 e. The van der Waals surface area contributed by atoms with Gasteiger partial charge in [0, 0.05) is 36.3 Å². The van der Waals surface area contributed by atoms with E-state index in [9.17, 15) is 4.79 Å². The molecule has 0 bridgehead atoms. The zero-order valence-electron chi connectivity index (χ0n) is 10.6. The highest BCUT2D eigenvalue weighted by Crippen LogP contribution is 2.18. The van der Waals surface area contributed by atoms with Crippen molar-refractivity contribution in [2.24, 2.45) is 0 Å². The third kappa shape index (κ3) is 2.38. The molecule has 94 valence electrons. The Balaban J connectivity index is 2.02. The predicted octanol–water partition coefficient (Wildman–Crippen LogP) is 2.53. The Kier molecular flexibility index (Phi) is 2.83. The molecule has 0 amide bonds. The summed E-state index contributed by atoms with van der Waals surface area (Å²) in [5.74, 6) is 0.119. The second-order valence-corrected chi connectivity index (χ2v) is 4.50. The van der Waals surface area contributed by atoms with Crippen LogP contribution in [-0.2, 0) is 11.2 Å². The van der Waals surface area contributed by atoms with E-state index in [0.29, 0.717) is 6.42 Å². The number of carbonyl (C=O) groups is 1. The summed E-state index contributed by atoms with van der Waals surface area (Å²) >= 11 is 0. The molecule has 0 radical (unpaired) electrons. The van der Waals surface area contributed by atoms with Gasteiger partial charge in [-0.25, -0.2) is 4.98 Å². The third-order valence-corrected chi connectivity index (χ3v) is 2.93. The first-order valence-corrected chi connectivity index (χ1v) is 6.11. The molecule has 0 aliphatic rings. The number of hydrogen-bond acceptors (Lipinski definition) is 3. The molecule has 0 saturated heterocycles. The molecule has 4 nitrogen and oxygen atoms in total. The van der Waals surface area contributed by atoms with Crippen LogP contribution in [0.5, 0.6) is 0 Å². The highest BCUT2D eigenvalue weighted by Gasteiger charge is 2.04. The number of carbonyl (C=O) groups excluding carboxylic acids is 1. The molecule has 0 fully saturated rings. The van der Waals surface area contributed by atoms with Crippen LogP contribution in [0.2, 0.25) is 0 Å². The SMILES string of the molecule is CC(=O)Cc1cccc(-c2ccn3ccnc3c2)n1. The Morgan fingerprint density at radius 3 is 3.00 bits per heavy atom. The second kappa shape index (κ2) is 4.65. The van der Waals surface area contributed by atoms with Crippen LogP contribution in [0.25, 0.3) is 16.9 Å². The van der Waals surface area contributed by atoms with E-state index >= 15 is 0 Å². The lowest BCUT2D eigenvalue weighted by molar-refractivity contribution is -0.116. The summed E-state index contributed by atoms with van der Waals surface area (Å²) in [6, 6.07) is 9.72. The van der Waals surface area contributed by atoms with Crippen molar-refractivity contribution in [3.05, 3.63) is 54.6 Å². The van der Waals surface area contributed by atoms with E-state index < -0.39 is 0 Å². The van der Waals surface area contributed by atoms with Crippen molar-refractivity contribution in [2.45, 2.75) is 13.3 Å². The molecule has 19 heavy (non-hydrogen) atoms. The van der Waals surface area contributed by atoms with Gasteiger partial charge in [0.25, 0.3) is 0 Å². The monoisotopic (exact) mass is 251 g/mol. The number of nitrogens with zero attached hydrogens (tertiary/aromatic N) is 3. The molecule has 0 aliphatic carbocycles. The van der Waals surface area contributed by atoms with Gasteiger partial charge in [0.05, 0.1) is 5.69 Å². The molecule has 4 heteroatoms. The van der Waals surface area contributed by atoms with Gasteiger partial charge in [-0.3, -0.25) is 9.78 Å². The summed E-state index contributed by atoms with van der Waals surface area (Å²) in [5.41, 5.74) is 3.55. The van der Waals surface area contributed by atoms with Crippen LogP contribution in [0.1, 0.15) is 12.6 Å². The molecule has 3 aromatic heterocycles. The first kappa shape index (κ1) is 11.6. The Labute approximate surface area is 110 Å². The van der Waals surface area contributed by atoms with Crippen LogP contribution in [0, 0.1) is 0 Å². The fourth-order valence-electron chi connectivity index (χ4n) is 2.06. The van der Waals surface area contributed by atoms with Crippen molar-refractivity contribution in [3.63, 3.8) is 0 Å². The number of imidazole rings is 1. The lowest BCUT2D eigenvalue weighted by Gasteiger charge is -2.04. The van der Waals surface area contributed by atoms with Crippen LogP contribution < -0.4 is 0 Å². The van der Waals surface area contributed by atoms with E-state index in [-0.39, 0.29) is 5.78 Å². The maximum Gasteiger partial charge on any atom is 0.137 e. The van der Waals surface area contributed by atoms with Crippen molar-refractivity contribution in [2.75, 3.05) is 0 Å². The lowest BCUT2D eigenvalue weighted by Crippen LogP contribution is -1.99. The summed E-state index contributed by atoms with van der Waals surface area (Å²) in [4.78, 5) is 19.9. The van der Waals surface area contributed by atoms with Crippen molar-refractivity contribution >= 4 is 11.4 Å². The number of pyridine rings is 2. The Morgan fingerprint density at radius 1 is 1.26 bits per heavy atom. The standard InChI is InChI=1S/C15H13N3O/c1-11(19)9-13-3-2-4-14(17-13)12-5-7-18-8-6-16-15(18)10-12/h2-8,10H,9H2,1H3. The molecular formula is C15H13N3O. The van der Waals surface area contributed by atoms with E-state index in [1.807, 2.05) is 47.1 Å². The van der Waals surface area contributed by atoms with Gasteiger partial charge >= 0.3 is 0 Å². The third-order valence-electron chi connectivity index (χ3n) is 2.93. The first-order chi connectivity index (χ1) is 9.22. The van der Waals surface area contributed by atoms with Crippen LogP contribution in [0.3, 0.4) is 0 Å². The van der Waals surface area contributed by atoms with Gasteiger partial charge < -0.3 is 4.40 Å². The summed E-state index contributed by atoms with van der Waals surface area (Å²) in [5, 5.41) is 0. The molecule has 0 N–H and O–H groups in total. The maximum atomic E-state index is 11.1. The predicted molar refractivity (Wildman–Crippen MR) is 72.8 cm³/mol. The van der Waals surface area contributed by atoms with Gasteiger partial charge in [-0.05, 0) is 31.2 Å². The molecule has 0 spiro atoms. The topological polar surface area (TPSA) is 47.3 Å². The number of aromatic nitrogens is 3. The second-order valence-electron chi connectivity index (χ2n) is 4.50. The molecule has 3 heterocycles. The number of hydrogen-bond donors (Lipinski definition) is 0. The first-order valence-electron chi connectivity index (χ1n) is 6.11. The zero-order chi connectivity index (χ0) is 13.2. The van der Waals surface area contributed by atoms with Gasteiger partial charge in [0.15, 0.2) is 0 Å². The van der Waals surface area contributed by atoms with Crippen molar-refractivity contribution in [1.82, 2.24) is 14.4 Å². The average Bonchev–Trinajstić information content (AvgIpc) is 2.85. The minimum Gasteiger partial charge on any atom is -0.307 e. The molecule has 3 rings (SSSR count). The molecule has 0 aromatic carbocycles. The minimum absolute atomic E-state index is 0.119. The molecule has 0 unspecified atom stereocenters. The molecular weight excluding hydrogens is 238 g/mol. The quantitative estimate of drug-likeness (QED) is 0.718. The lowest BCUT2D eigenvalue weighted by atomic mass is 10.1. The van der Waals surface area contributed by atoms with E-state index in [1.54, 1.807) is 13.1 Å². The van der Waals surface area contributed by atoms with Crippen LogP contribution in [0.4, 0.5) is 0 Å². The van der Waals surface area contributed by atoms with Gasteiger partial charge in [-0.1, -0.05) is 6.07 Å². The van der Waals surface area contributed by atoms with Gasteiger partial charge in [-0.2, -0.15) is 0 Å². The van der Waals surface area contributed by atoms with Crippen molar-refractivity contribution in [1.29, 1.82) is 0 Å². The Morgan fingerprint density at radius 2 is 2.16 bits per heavy atom. The summed E-state index contributed by atoms with van der Waals surface area (Å²) < 4.78 is 1.95. The summed E-state index contributed by atoms with van der Waals surface area (Å²) in [6.45, 7) is 1.57. The number of ketones is 1. The van der Waals surface area contributed by atoms with Crippen molar-refractivity contribution < 1.29 is 4.79 Å². The molecule has 0 atom stereocenters. The van der Waals surface area contributed by atoms with Gasteiger partial charge in [-0.15, -0.1) is 0 Å². The highest BCUT2D eigenvalue weighted by atomic mass is 16.1. The van der Waals surface area contributed by atoms with E-state index in [2.05, 4.69) is 9.97 Å². The van der Waals surface area contributed by atoms with Crippen LogP contribution in [-0.4, -0.2) is 20.2 Å². The van der Waals surface area contributed by atoms with Crippen LogP contribution >= 0.6 is 0 Å². The zero-order valence-corrected chi connectivity index (χ0v) is 10.6.